The van der Waals surface area contributed by atoms with Crippen molar-refractivity contribution in [2.75, 3.05) is 25.6 Å². The lowest BCUT2D eigenvalue weighted by Gasteiger charge is -2.43. The molecule has 1 spiro atoms. The SMILES string of the molecule is Nc1ccc(S(=O)C2CCOC3(CCOCC3)C2)cc1Cl. The van der Waals surface area contributed by atoms with Gasteiger partial charge in [-0.05, 0) is 43.9 Å². The molecule has 0 saturated carbocycles. The van der Waals surface area contributed by atoms with Crippen LogP contribution in [0.1, 0.15) is 25.7 Å². The van der Waals surface area contributed by atoms with Crippen LogP contribution in [-0.4, -0.2) is 34.9 Å². The fourth-order valence-electron chi connectivity index (χ4n) is 3.08. The molecule has 0 aliphatic carbocycles. The van der Waals surface area contributed by atoms with Crippen LogP contribution in [0.5, 0.6) is 0 Å². The molecule has 2 aliphatic heterocycles. The third-order valence-electron chi connectivity index (χ3n) is 4.36. The zero-order valence-electron chi connectivity index (χ0n) is 11.8. The molecule has 2 saturated heterocycles. The van der Waals surface area contributed by atoms with Crippen LogP contribution in [0.15, 0.2) is 23.1 Å². The first-order valence-corrected chi connectivity index (χ1v) is 8.86. The summed E-state index contributed by atoms with van der Waals surface area (Å²) in [6, 6.07) is 5.25. The Balaban J connectivity index is 1.76. The minimum absolute atomic E-state index is 0.108. The van der Waals surface area contributed by atoms with Gasteiger partial charge in [-0.2, -0.15) is 0 Å². The number of nitrogens with two attached hydrogens (primary N) is 1. The Morgan fingerprint density at radius 1 is 1.29 bits per heavy atom. The quantitative estimate of drug-likeness (QED) is 0.847. The Labute approximate surface area is 132 Å². The summed E-state index contributed by atoms with van der Waals surface area (Å²) in [5.41, 5.74) is 6.09. The highest BCUT2D eigenvalue weighted by molar-refractivity contribution is 7.85. The standard InChI is InChI=1S/C15H20ClNO3S/c16-13-9-11(1-2-14(13)17)21(18)12-3-6-20-15(10-12)4-7-19-8-5-15/h1-2,9,12H,3-8,10,17H2. The number of hydrogen-bond acceptors (Lipinski definition) is 4. The number of nitrogen functional groups attached to an aromatic ring is 1. The smallest absolute Gasteiger partial charge is 0.0738 e. The van der Waals surface area contributed by atoms with Crippen molar-refractivity contribution in [3.05, 3.63) is 23.2 Å². The van der Waals surface area contributed by atoms with E-state index < -0.39 is 10.8 Å². The number of rotatable bonds is 2. The fraction of sp³-hybridized carbons (Fsp3) is 0.600. The van der Waals surface area contributed by atoms with Gasteiger partial charge in [-0.3, -0.25) is 4.21 Å². The molecule has 2 heterocycles. The first-order chi connectivity index (χ1) is 10.1. The third-order valence-corrected chi connectivity index (χ3v) is 6.41. The number of ether oxygens (including phenoxy) is 2. The lowest BCUT2D eigenvalue weighted by atomic mass is 9.86. The van der Waals surface area contributed by atoms with Crippen LogP contribution in [0.3, 0.4) is 0 Å². The Kier molecular flexibility index (Phi) is 4.54. The van der Waals surface area contributed by atoms with Crippen molar-refractivity contribution >= 4 is 28.1 Å². The number of halogens is 1. The summed E-state index contributed by atoms with van der Waals surface area (Å²) >= 11 is 6.04. The van der Waals surface area contributed by atoms with Crippen LogP contribution < -0.4 is 5.73 Å². The van der Waals surface area contributed by atoms with Gasteiger partial charge in [-0.25, -0.2) is 0 Å². The molecule has 3 rings (SSSR count). The molecular weight excluding hydrogens is 310 g/mol. The van der Waals surface area contributed by atoms with Crippen molar-refractivity contribution in [3.8, 4) is 0 Å². The van der Waals surface area contributed by atoms with E-state index in [0.29, 0.717) is 17.3 Å². The molecule has 21 heavy (non-hydrogen) atoms. The Hall–Kier alpha value is -0.620. The minimum atomic E-state index is -1.08. The molecule has 1 aromatic rings. The highest BCUT2D eigenvalue weighted by Gasteiger charge is 2.41. The van der Waals surface area contributed by atoms with Crippen LogP contribution >= 0.6 is 11.6 Å². The van der Waals surface area contributed by atoms with Gasteiger partial charge >= 0.3 is 0 Å². The fourth-order valence-corrected chi connectivity index (χ4v) is 4.91. The minimum Gasteiger partial charge on any atom is -0.398 e. The topological polar surface area (TPSA) is 61.6 Å². The van der Waals surface area contributed by atoms with E-state index in [1.54, 1.807) is 12.1 Å². The zero-order valence-corrected chi connectivity index (χ0v) is 13.4. The summed E-state index contributed by atoms with van der Waals surface area (Å²) in [4.78, 5) is 0.753. The predicted octanol–water partition coefficient (Wildman–Crippen LogP) is 2.76. The second kappa shape index (κ2) is 6.24. The molecule has 0 bridgehead atoms. The molecule has 0 amide bonds. The zero-order chi connectivity index (χ0) is 14.9. The van der Waals surface area contributed by atoms with Gasteiger partial charge in [-0.1, -0.05) is 11.6 Å². The van der Waals surface area contributed by atoms with Gasteiger partial charge in [0.25, 0.3) is 0 Å². The van der Waals surface area contributed by atoms with E-state index in [9.17, 15) is 4.21 Å². The first kappa shape index (κ1) is 15.3. The molecule has 2 N–H and O–H groups in total. The van der Waals surface area contributed by atoms with Gasteiger partial charge < -0.3 is 15.2 Å². The van der Waals surface area contributed by atoms with Crippen molar-refractivity contribution in [2.24, 2.45) is 0 Å². The van der Waals surface area contributed by atoms with E-state index in [0.717, 1.165) is 43.8 Å². The van der Waals surface area contributed by atoms with E-state index in [1.807, 2.05) is 6.07 Å². The Morgan fingerprint density at radius 3 is 2.76 bits per heavy atom. The summed E-state index contributed by atoms with van der Waals surface area (Å²) in [6.07, 6.45) is 3.43. The van der Waals surface area contributed by atoms with E-state index in [2.05, 4.69) is 0 Å². The van der Waals surface area contributed by atoms with E-state index >= 15 is 0 Å². The lowest BCUT2D eigenvalue weighted by molar-refractivity contribution is -0.131. The maximum absolute atomic E-state index is 12.8. The van der Waals surface area contributed by atoms with Crippen molar-refractivity contribution < 1.29 is 13.7 Å². The van der Waals surface area contributed by atoms with Crippen molar-refractivity contribution in [3.63, 3.8) is 0 Å². The van der Waals surface area contributed by atoms with Crippen LogP contribution in [0, 0.1) is 0 Å². The van der Waals surface area contributed by atoms with E-state index in [4.69, 9.17) is 26.8 Å². The molecular formula is C15H20ClNO3S. The van der Waals surface area contributed by atoms with Gasteiger partial charge in [-0.15, -0.1) is 0 Å². The van der Waals surface area contributed by atoms with Gasteiger partial charge in [0.2, 0.25) is 0 Å². The van der Waals surface area contributed by atoms with Gasteiger partial charge in [0.05, 0.1) is 27.1 Å². The summed E-state index contributed by atoms with van der Waals surface area (Å²) < 4.78 is 24.2. The largest absolute Gasteiger partial charge is 0.398 e. The van der Waals surface area contributed by atoms with Crippen molar-refractivity contribution in [2.45, 2.75) is 41.4 Å². The number of anilines is 1. The van der Waals surface area contributed by atoms with Crippen molar-refractivity contribution in [1.29, 1.82) is 0 Å². The van der Waals surface area contributed by atoms with Gasteiger partial charge in [0, 0.05) is 30.0 Å². The molecule has 2 aliphatic rings. The Morgan fingerprint density at radius 2 is 2.05 bits per heavy atom. The molecule has 116 valence electrons. The second-order valence-corrected chi connectivity index (χ2v) is 7.88. The molecule has 1 aromatic carbocycles. The van der Waals surface area contributed by atoms with Crippen molar-refractivity contribution in [1.82, 2.24) is 0 Å². The van der Waals surface area contributed by atoms with Crippen LogP contribution in [0.2, 0.25) is 5.02 Å². The molecule has 2 unspecified atom stereocenters. The summed E-state index contributed by atoms with van der Waals surface area (Å²) in [5.74, 6) is 0. The molecule has 4 nitrogen and oxygen atoms in total. The Bertz CT molecular complexity index is 540. The molecule has 0 aromatic heterocycles. The maximum atomic E-state index is 12.8. The highest BCUT2D eigenvalue weighted by atomic mass is 35.5. The number of hydrogen-bond donors (Lipinski definition) is 1. The van der Waals surface area contributed by atoms with Gasteiger partial charge in [0.15, 0.2) is 0 Å². The van der Waals surface area contributed by atoms with Crippen LogP contribution in [0.25, 0.3) is 0 Å². The summed E-state index contributed by atoms with van der Waals surface area (Å²) in [7, 11) is -1.08. The van der Waals surface area contributed by atoms with E-state index in [-0.39, 0.29) is 10.9 Å². The average molecular weight is 330 g/mol. The molecule has 6 heteroatoms. The van der Waals surface area contributed by atoms with E-state index in [1.165, 1.54) is 0 Å². The second-order valence-electron chi connectivity index (χ2n) is 5.74. The third kappa shape index (κ3) is 3.26. The summed E-state index contributed by atoms with van der Waals surface area (Å²) in [6.45, 7) is 2.12. The van der Waals surface area contributed by atoms with Crippen LogP contribution in [0.4, 0.5) is 5.69 Å². The van der Waals surface area contributed by atoms with Gasteiger partial charge in [0.1, 0.15) is 0 Å². The summed E-state index contributed by atoms with van der Waals surface area (Å²) in [5, 5.41) is 0.574. The molecule has 0 radical (unpaired) electrons. The molecule has 2 fully saturated rings. The average Bonchev–Trinajstić information content (AvgIpc) is 2.50. The first-order valence-electron chi connectivity index (χ1n) is 7.27. The maximum Gasteiger partial charge on any atom is 0.0738 e. The predicted molar refractivity (Wildman–Crippen MR) is 84.0 cm³/mol. The normalized spacial score (nSPS) is 26.6. The lowest BCUT2D eigenvalue weighted by Crippen LogP contribution is -2.46. The molecule has 2 atom stereocenters. The number of benzene rings is 1. The highest BCUT2D eigenvalue weighted by Crippen LogP contribution is 2.37. The van der Waals surface area contributed by atoms with Crippen LogP contribution in [-0.2, 0) is 20.3 Å². The monoisotopic (exact) mass is 329 g/mol.